The topological polar surface area (TPSA) is 225 Å². The van der Waals surface area contributed by atoms with Gasteiger partial charge in [-0.2, -0.15) is 0 Å². The second kappa shape index (κ2) is 11.4. The molecule has 0 aromatic heterocycles. The van der Waals surface area contributed by atoms with Gasteiger partial charge in [-0.25, -0.2) is 0 Å². The third-order valence-corrected chi connectivity index (χ3v) is 5.19. The molecule has 0 amide bonds. The van der Waals surface area contributed by atoms with Crippen molar-refractivity contribution >= 4 is 22.8 Å². The Morgan fingerprint density at radius 1 is 0.684 bits per heavy atom. The summed E-state index contributed by atoms with van der Waals surface area (Å²) in [6.45, 7) is 0. The van der Waals surface area contributed by atoms with Crippen molar-refractivity contribution in [1.82, 2.24) is 0 Å². The lowest BCUT2D eigenvalue weighted by atomic mass is 9.93. The SMILES string of the molecule is Nc1ccccc1O.O=C1C(Nc2ccccc2[O-])=C(O)C1Nc1ccccc1O.O=c1c(O)c(O)c1=O. The summed E-state index contributed by atoms with van der Waals surface area (Å²) in [5.74, 6) is -2.37. The number of phenolic OH excluding ortho intramolecular Hbond substituents is 2. The minimum atomic E-state index is -1.01. The van der Waals surface area contributed by atoms with E-state index in [9.17, 15) is 29.7 Å². The molecule has 12 nitrogen and oxygen atoms in total. The van der Waals surface area contributed by atoms with Crippen LogP contribution in [0.1, 0.15) is 0 Å². The number of phenols is 2. The molecule has 0 bridgehead atoms. The molecular formula is C26H22N3O9-. The molecule has 0 radical (unpaired) electrons. The van der Waals surface area contributed by atoms with Gasteiger partial charge in [-0.1, -0.05) is 48.2 Å². The number of nitrogen functional groups attached to an aromatic ring is 1. The summed E-state index contributed by atoms with van der Waals surface area (Å²) in [4.78, 5) is 32.0. The molecular weight excluding hydrogens is 498 g/mol. The molecule has 0 fully saturated rings. The lowest BCUT2D eigenvalue weighted by Crippen LogP contribution is -2.45. The largest absolute Gasteiger partial charge is 0.871 e. The van der Waals surface area contributed by atoms with Crippen molar-refractivity contribution in [2.24, 2.45) is 0 Å². The van der Waals surface area contributed by atoms with Gasteiger partial charge in [0, 0.05) is 5.69 Å². The zero-order valence-electron chi connectivity index (χ0n) is 19.5. The highest BCUT2D eigenvalue weighted by Gasteiger charge is 2.40. The number of carbonyl (C=O) groups is 1. The van der Waals surface area contributed by atoms with Crippen LogP contribution in [-0.2, 0) is 4.79 Å². The van der Waals surface area contributed by atoms with Gasteiger partial charge in [-0.15, -0.1) is 0 Å². The van der Waals surface area contributed by atoms with Gasteiger partial charge in [-0.05, 0) is 30.3 Å². The third kappa shape index (κ3) is 5.76. The Balaban J connectivity index is 0.000000203. The molecule has 4 aromatic carbocycles. The number of hydrogen-bond donors (Lipinski definition) is 8. The van der Waals surface area contributed by atoms with E-state index >= 15 is 0 Å². The average molecular weight is 520 g/mol. The summed E-state index contributed by atoms with van der Waals surface area (Å²) in [6.07, 6.45) is 0. The Bertz CT molecular complexity index is 1520. The molecule has 12 heteroatoms. The molecule has 38 heavy (non-hydrogen) atoms. The maximum Gasteiger partial charge on any atom is 0.275 e. The van der Waals surface area contributed by atoms with Gasteiger partial charge in [-0.3, -0.25) is 14.4 Å². The Hall–Kier alpha value is -5.65. The van der Waals surface area contributed by atoms with Crippen LogP contribution in [0, 0.1) is 0 Å². The number of ketones is 1. The fraction of sp³-hybridized carbons (Fsp3) is 0.0385. The van der Waals surface area contributed by atoms with Crippen LogP contribution < -0.4 is 32.3 Å². The summed E-state index contributed by atoms with van der Waals surface area (Å²) in [5, 5.41) is 61.9. The fourth-order valence-electron chi connectivity index (χ4n) is 3.03. The summed E-state index contributed by atoms with van der Waals surface area (Å²) in [7, 11) is 0. The van der Waals surface area contributed by atoms with Gasteiger partial charge in [0.25, 0.3) is 10.9 Å². The number of nitrogens with two attached hydrogens (primary N) is 1. The van der Waals surface area contributed by atoms with Crippen LogP contribution in [0.5, 0.6) is 28.7 Å². The first kappa shape index (κ1) is 26.9. The number of hydrogen-bond acceptors (Lipinski definition) is 12. The highest BCUT2D eigenvalue weighted by molar-refractivity contribution is 6.12. The summed E-state index contributed by atoms with van der Waals surface area (Å²) < 4.78 is 0. The highest BCUT2D eigenvalue weighted by atomic mass is 16.3. The minimum Gasteiger partial charge on any atom is -0.871 e. The molecule has 0 spiro atoms. The van der Waals surface area contributed by atoms with Crippen molar-refractivity contribution in [2.45, 2.75) is 6.04 Å². The average Bonchev–Trinajstić information content (AvgIpc) is 2.93. The number of aliphatic hydroxyl groups is 1. The van der Waals surface area contributed by atoms with E-state index in [-0.39, 0.29) is 40.2 Å². The number of carbonyl (C=O) groups excluding carboxylic acids is 1. The quantitative estimate of drug-likeness (QED) is 0.108. The van der Waals surface area contributed by atoms with Crippen LogP contribution in [-0.4, -0.2) is 37.4 Å². The Morgan fingerprint density at radius 2 is 1.18 bits per heavy atom. The van der Waals surface area contributed by atoms with Crippen LogP contribution in [0.4, 0.5) is 17.1 Å². The molecule has 5 rings (SSSR count). The fourth-order valence-corrected chi connectivity index (χ4v) is 3.03. The van der Waals surface area contributed by atoms with E-state index in [2.05, 4.69) is 10.6 Å². The second-order valence-electron chi connectivity index (χ2n) is 7.75. The first-order chi connectivity index (χ1) is 18.0. The zero-order valence-corrected chi connectivity index (χ0v) is 19.5. The maximum atomic E-state index is 12.1. The van der Waals surface area contributed by atoms with Gasteiger partial charge >= 0.3 is 0 Å². The first-order valence-electron chi connectivity index (χ1n) is 10.8. The number of para-hydroxylation sites is 6. The number of benzene rings is 3. The molecule has 0 saturated carbocycles. The first-order valence-corrected chi connectivity index (χ1v) is 10.8. The maximum absolute atomic E-state index is 12.1. The minimum absolute atomic E-state index is 0.0174. The summed E-state index contributed by atoms with van der Waals surface area (Å²) in [5.41, 5.74) is 4.22. The normalized spacial score (nSPS) is 13.9. The van der Waals surface area contributed by atoms with E-state index in [1.54, 1.807) is 54.6 Å². The van der Waals surface area contributed by atoms with Crippen molar-refractivity contribution in [3.63, 3.8) is 0 Å². The molecule has 1 unspecified atom stereocenters. The molecule has 1 atom stereocenters. The second-order valence-corrected chi connectivity index (χ2v) is 7.75. The smallest absolute Gasteiger partial charge is 0.275 e. The van der Waals surface area contributed by atoms with Crippen molar-refractivity contribution in [1.29, 1.82) is 0 Å². The van der Waals surface area contributed by atoms with Gasteiger partial charge in [0.2, 0.25) is 17.3 Å². The van der Waals surface area contributed by atoms with E-state index in [0.29, 0.717) is 11.4 Å². The zero-order chi connectivity index (χ0) is 28.0. The third-order valence-electron chi connectivity index (χ3n) is 5.19. The molecule has 9 N–H and O–H groups in total. The van der Waals surface area contributed by atoms with Gasteiger partial charge in [0.15, 0.2) is 6.04 Å². The monoisotopic (exact) mass is 520 g/mol. The number of aliphatic hydroxyl groups excluding tert-OH is 1. The van der Waals surface area contributed by atoms with Crippen LogP contribution in [0.25, 0.3) is 0 Å². The molecule has 1 aliphatic rings. The Kier molecular flexibility index (Phi) is 8.08. The van der Waals surface area contributed by atoms with Crippen LogP contribution in [0.3, 0.4) is 0 Å². The molecule has 4 aromatic rings. The van der Waals surface area contributed by atoms with E-state index in [0.717, 1.165) is 0 Å². The lowest BCUT2D eigenvalue weighted by molar-refractivity contribution is -0.267. The standard InChI is InChI=1S/C16H14N2O4.C6H7NO.C4H2O4/c19-11-7-3-1-5-9(11)17-13-15(21)14(16(13)22)18-10-6-2-4-8-12(10)20;7-5-3-1-2-4-6(5)8;5-1-2(6)4(8)3(1)7/h1-8,13,17-21H;1-4,8H,7H2;5-6H/p-1. The van der Waals surface area contributed by atoms with Crippen molar-refractivity contribution < 1.29 is 35.4 Å². The number of Topliss-reactive ketones (excluding diaryl/α,β-unsaturated/α-hetero) is 1. The van der Waals surface area contributed by atoms with E-state index in [4.69, 9.17) is 21.1 Å². The van der Waals surface area contributed by atoms with E-state index in [1.807, 2.05) is 0 Å². The molecule has 0 saturated heterocycles. The molecule has 196 valence electrons. The number of nitrogens with one attached hydrogen (secondary N) is 2. The van der Waals surface area contributed by atoms with Crippen LogP contribution in [0.15, 0.2) is 93.8 Å². The van der Waals surface area contributed by atoms with Crippen molar-refractivity contribution in [3.05, 3.63) is 105 Å². The van der Waals surface area contributed by atoms with Crippen molar-refractivity contribution in [2.75, 3.05) is 16.4 Å². The number of rotatable bonds is 4. The molecule has 0 heterocycles. The number of aromatic hydroxyl groups is 4. The highest BCUT2D eigenvalue weighted by Crippen LogP contribution is 2.32. The Morgan fingerprint density at radius 3 is 1.63 bits per heavy atom. The Labute approximate surface area is 214 Å². The van der Waals surface area contributed by atoms with Crippen LogP contribution in [0.2, 0.25) is 0 Å². The lowest BCUT2D eigenvalue weighted by Gasteiger charge is -2.30. The van der Waals surface area contributed by atoms with Crippen LogP contribution >= 0.6 is 0 Å². The number of anilines is 3. The van der Waals surface area contributed by atoms with Gasteiger partial charge in [0.05, 0.1) is 11.4 Å². The van der Waals surface area contributed by atoms with Crippen molar-refractivity contribution in [3.8, 4) is 28.7 Å². The van der Waals surface area contributed by atoms with E-state index < -0.39 is 28.4 Å². The molecule has 0 aliphatic heterocycles. The van der Waals surface area contributed by atoms with Gasteiger partial charge < -0.3 is 47.0 Å². The predicted molar refractivity (Wildman–Crippen MR) is 137 cm³/mol. The summed E-state index contributed by atoms with van der Waals surface area (Å²) >= 11 is 0. The van der Waals surface area contributed by atoms with E-state index in [1.165, 1.54) is 18.2 Å². The van der Waals surface area contributed by atoms with Gasteiger partial charge in [0.1, 0.15) is 23.0 Å². The molecule has 1 aliphatic carbocycles. The predicted octanol–water partition coefficient (Wildman–Crippen LogP) is 1.38. The summed E-state index contributed by atoms with van der Waals surface area (Å²) in [6, 6.07) is 18.3.